The summed E-state index contributed by atoms with van der Waals surface area (Å²) in [6.45, 7) is 1.99. The van der Waals surface area contributed by atoms with Gasteiger partial charge in [-0.2, -0.15) is 0 Å². The van der Waals surface area contributed by atoms with E-state index in [1.165, 1.54) is 5.56 Å². The van der Waals surface area contributed by atoms with Crippen molar-refractivity contribution in [2.24, 2.45) is 0 Å². The van der Waals surface area contributed by atoms with Gasteiger partial charge in [-0.3, -0.25) is 4.79 Å². The smallest absolute Gasteiger partial charge is 0.262 e. The lowest BCUT2D eigenvalue weighted by Crippen LogP contribution is -2.20. The number of halogens is 2. The summed E-state index contributed by atoms with van der Waals surface area (Å²) in [5.74, 6) is 0.773. The number of aryl methyl sites for hydroxylation is 1. The topological polar surface area (TPSA) is 64.4 Å². The van der Waals surface area contributed by atoms with E-state index >= 15 is 0 Å². The van der Waals surface area contributed by atoms with Crippen molar-refractivity contribution < 1.29 is 13.9 Å². The number of nitrogens with one attached hydrogen (secondary N) is 1. The maximum Gasteiger partial charge on any atom is 0.262 e. The molecule has 7 heteroatoms. The van der Waals surface area contributed by atoms with Gasteiger partial charge >= 0.3 is 0 Å². The highest BCUT2D eigenvalue weighted by molar-refractivity contribution is 6.38. The van der Waals surface area contributed by atoms with E-state index in [0.717, 1.165) is 6.42 Å². The van der Waals surface area contributed by atoms with Crippen LogP contribution >= 0.6 is 23.2 Å². The van der Waals surface area contributed by atoms with Gasteiger partial charge in [0.2, 0.25) is 5.89 Å². The van der Waals surface area contributed by atoms with E-state index in [4.69, 9.17) is 32.4 Å². The highest BCUT2D eigenvalue weighted by atomic mass is 35.5. The molecule has 30 heavy (non-hydrogen) atoms. The van der Waals surface area contributed by atoms with Crippen LogP contribution in [0.1, 0.15) is 12.5 Å². The van der Waals surface area contributed by atoms with Crippen LogP contribution in [0.25, 0.3) is 22.6 Å². The van der Waals surface area contributed by atoms with E-state index in [0.29, 0.717) is 44.0 Å². The summed E-state index contributed by atoms with van der Waals surface area (Å²) in [6.07, 6.45) is 0.955. The first kappa shape index (κ1) is 20.3. The molecule has 0 saturated heterocycles. The minimum absolute atomic E-state index is 0.0906. The maximum absolute atomic E-state index is 12.3. The monoisotopic (exact) mass is 440 g/mol. The van der Waals surface area contributed by atoms with E-state index in [2.05, 4.69) is 17.2 Å². The van der Waals surface area contributed by atoms with Crippen molar-refractivity contribution in [3.63, 3.8) is 0 Å². The van der Waals surface area contributed by atoms with Crippen LogP contribution in [-0.2, 0) is 11.2 Å². The second-order valence-corrected chi connectivity index (χ2v) is 7.51. The summed E-state index contributed by atoms with van der Waals surface area (Å²) in [4.78, 5) is 16.7. The first-order valence-electron chi connectivity index (χ1n) is 9.39. The fraction of sp³-hybridized carbons (Fsp3) is 0.130. The summed E-state index contributed by atoms with van der Waals surface area (Å²) >= 11 is 12.2. The van der Waals surface area contributed by atoms with Gasteiger partial charge in [-0.15, -0.1) is 0 Å². The van der Waals surface area contributed by atoms with Crippen LogP contribution in [0, 0.1) is 0 Å². The van der Waals surface area contributed by atoms with Crippen LogP contribution in [0.5, 0.6) is 5.75 Å². The molecule has 0 aliphatic rings. The maximum atomic E-state index is 12.3. The molecule has 4 aromatic rings. The highest BCUT2D eigenvalue weighted by Gasteiger charge is 2.13. The fourth-order valence-corrected chi connectivity index (χ4v) is 3.50. The van der Waals surface area contributed by atoms with Crippen LogP contribution in [-0.4, -0.2) is 17.5 Å². The van der Waals surface area contributed by atoms with Crippen molar-refractivity contribution in [1.29, 1.82) is 0 Å². The molecule has 0 aliphatic carbocycles. The van der Waals surface area contributed by atoms with Crippen LogP contribution in [0.2, 0.25) is 10.0 Å². The first-order chi connectivity index (χ1) is 14.5. The third kappa shape index (κ3) is 4.58. The molecule has 0 fully saturated rings. The second kappa shape index (κ2) is 8.78. The van der Waals surface area contributed by atoms with Gasteiger partial charge in [-0.1, -0.05) is 48.3 Å². The average Bonchev–Trinajstić information content (AvgIpc) is 3.17. The molecule has 0 unspecified atom stereocenters. The molecule has 1 heterocycles. The Hall–Kier alpha value is -3.02. The number of hydrogen-bond acceptors (Lipinski definition) is 4. The summed E-state index contributed by atoms with van der Waals surface area (Å²) in [5, 5.41) is 3.70. The van der Waals surface area contributed by atoms with Gasteiger partial charge in [0.25, 0.3) is 5.91 Å². The predicted octanol–water partition coefficient (Wildman–Crippen LogP) is 6.38. The van der Waals surface area contributed by atoms with Crippen LogP contribution < -0.4 is 10.1 Å². The number of aromatic nitrogens is 1. The summed E-state index contributed by atoms with van der Waals surface area (Å²) in [7, 11) is 0. The van der Waals surface area contributed by atoms with E-state index in [9.17, 15) is 4.79 Å². The van der Waals surface area contributed by atoms with Crippen molar-refractivity contribution in [2.45, 2.75) is 13.3 Å². The first-order valence-corrected chi connectivity index (χ1v) is 10.1. The average molecular weight is 441 g/mol. The molecule has 0 spiro atoms. The minimum atomic E-state index is -0.265. The van der Waals surface area contributed by atoms with Gasteiger partial charge in [0, 0.05) is 16.3 Å². The SMILES string of the molecule is CCc1ccc(OCC(=O)Nc2cccc(-c3nc4cc(Cl)cc(Cl)c4o3)c2)cc1. The number of oxazole rings is 1. The Morgan fingerprint density at radius 1 is 1.10 bits per heavy atom. The number of amides is 1. The van der Waals surface area contributed by atoms with E-state index in [1.807, 2.05) is 30.3 Å². The molecule has 1 N–H and O–H groups in total. The molecule has 0 bridgehead atoms. The zero-order chi connectivity index (χ0) is 21.1. The summed E-state index contributed by atoms with van der Waals surface area (Å²) in [5.41, 5.74) is 3.56. The van der Waals surface area contributed by atoms with Gasteiger partial charge < -0.3 is 14.5 Å². The van der Waals surface area contributed by atoms with E-state index < -0.39 is 0 Å². The van der Waals surface area contributed by atoms with Gasteiger partial charge in [-0.05, 0) is 54.4 Å². The molecule has 1 aromatic heterocycles. The fourth-order valence-electron chi connectivity index (χ4n) is 2.98. The number of rotatable bonds is 6. The van der Waals surface area contributed by atoms with Crippen molar-refractivity contribution in [1.82, 2.24) is 4.98 Å². The van der Waals surface area contributed by atoms with Crippen LogP contribution in [0.15, 0.2) is 65.1 Å². The molecular weight excluding hydrogens is 423 g/mol. The Bertz CT molecular complexity index is 1200. The number of ether oxygens (including phenoxy) is 1. The number of anilines is 1. The lowest BCUT2D eigenvalue weighted by Gasteiger charge is -2.08. The number of benzene rings is 3. The molecule has 1 amide bonds. The van der Waals surface area contributed by atoms with Gasteiger partial charge in [0.05, 0.1) is 5.02 Å². The highest BCUT2D eigenvalue weighted by Crippen LogP contribution is 2.32. The summed E-state index contributed by atoms with van der Waals surface area (Å²) in [6, 6.07) is 18.2. The Morgan fingerprint density at radius 3 is 2.67 bits per heavy atom. The molecule has 5 nitrogen and oxygen atoms in total. The van der Waals surface area contributed by atoms with Crippen molar-refractivity contribution in [3.05, 3.63) is 76.3 Å². The molecular formula is C23H18Cl2N2O3. The minimum Gasteiger partial charge on any atom is -0.484 e. The van der Waals surface area contributed by atoms with Crippen molar-refractivity contribution >= 4 is 45.9 Å². The Balaban J connectivity index is 1.45. The quantitative estimate of drug-likeness (QED) is 0.377. The largest absolute Gasteiger partial charge is 0.484 e. The lowest BCUT2D eigenvalue weighted by molar-refractivity contribution is -0.118. The number of carbonyl (C=O) groups excluding carboxylic acids is 1. The molecule has 152 valence electrons. The lowest BCUT2D eigenvalue weighted by atomic mass is 10.2. The number of nitrogens with zero attached hydrogens (tertiary/aromatic N) is 1. The molecule has 0 atom stereocenters. The molecule has 4 rings (SSSR count). The van der Waals surface area contributed by atoms with E-state index in [-0.39, 0.29) is 12.5 Å². The van der Waals surface area contributed by atoms with Crippen molar-refractivity contribution in [2.75, 3.05) is 11.9 Å². The van der Waals surface area contributed by atoms with Crippen molar-refractivity contribution in [3.8, 4) is 17.2 Å². The van der Waals surface area contributed by atoms with E-state index in [1.54, 1.807) is 30.3 Å². The summed E-state index contributed by atoms with van der Waals surface area (Å²) < 4.78 is 11.3. The third-order valence-electron chi connectivity index (χ3n) is 4.50. The Kier molecular flexibility index (Phi) is 5.93. The molecule has 0 aliphatic heterocycles. The zero-order valence-corrected chi connectivity index (χ0v) is 17.6. The zero-order valence-electron chi connectivity index (χ0n) is 16.1. The number of carbonyl (C=O) groups is 1. The second-order valence-electron chi connectivity index (χ2n) is 6.67. The third-order valence-corrected chi connectivity index (χ3v) is 5.00. The van der Waals surface area contributed by atoms with Crippen LogP contribution in [0.3, 0.4) is 0 Å². The van der Waals surface area contributed by atoms with Crippen LogP contribution in [0.4, 0.5) is 5.69 Å². The molecule has 3 aromatic carbocycles. The van der Waals surface area contributed by atoms with Gasteiger partial charge in [0.1, 0.15) is 11.3 Å². The van der Waals surface area contributed by atoms with Gasteiger partial charge in [-0.25, -0.2) is 4.98 Å². The standard InChI is InChI=1S/C23H18Cl2N2O3/c1-2-14-6-8-18(9-7-14)29-13-21(28)26-17-5-3-4-15(10-17)23-27-20-12-16(24)11-19(25)22(20)30-23/h3-12H,2,13H2,1H3,(H,26,28). The normalized spacial score (nSPS) is 10.9. The molecule has 0 saturated carbocycles. The number of hydrogen-bond donors (Lipinski definition) is 1. The predicted molar refractivity (Wildman–Crippen MR) is 119 cm³/mol. The molecule has 0 radical (unpaired) electrons. The Labute approximate surface area is 183 Å². The van der Waals surface area contributed by atoms with Gasteiger partial charge in [0.15, 0.2) is 12.2 Å². The Morgan fingerprint density at radius 2 is 1.90 bits per heavy atom. The number of fused-ring (bicyclic) bond motifs is 1.